The Hall–Kier alpha value is -2.22. The molecule has 1 atom stereocenters. The predicted molar refractivity (Wildman–Crippen MR) is 89.6 cm³/mol. The molecule has 0 unspecified atom stereocenters. The van der Waals surface area contributed by atoms with Crippen LogP contribution in [0.15, 0.2) is 33.7 Å². The Morgan fingerprint density at radius 3 is 3.12 bits per heavy atom. The Balaban J connectivity index is 1.67. The first-order valence-electron chi connectivity index (χ1n) is 7.92. The molecule has 3 aromatic heterocycles. The number of halogens is 1. The summed E-state index contributed by atoms with van der Waals surface area (Å²) < 4.78 is 7.87. The van der Waals surface area contributed by atoms with Crippen molar-refractivity contribution >= 4 is 27.5 Å². The summed E-state index contributed by atoms with van der Waals surface area (Å²) in [5, 5.41) is 8.28. The zero-order valence-electron chi connectivity index (χ0n) is 13.1. The molecule has 24 heavy (non-hydrogen) atoms. The van der Waals surface area contributed by atoms with E-state index in [0.29, 0.717) is 17.8 Å². The highest BCUT2D eigenvalue weighted by Crippen LogP contribution is 2.34. The van der Waals surface area contributed by atoms with Crippen molar-refractivity contribution in [1.29, 1.82) is 0 Å². The average Bonchev–Trinajstić information content (AvgIpc) is 3.31. The summed E-state index contributed by atoms with van der Waals surface area (Å²) >= 11 is 3.36. The molecule has 4 rings (SSSR count). The number of amides is 1. The van der Waals surface area contributed by atoms with Crippen molar-refractivity contribution in [3.63, 3.8) is 0 Å². The summed E-state index contributed by atoms with van der Waals surface area (Å²) in [4.78, 5) is 19.2. The van der Waals surface area contributed by atoms with Gasteiger partial charge in [-0.2, -0.15) is 5.10 Å². The van der Waals surface area contributed by atoms with E-state index in [4.69, 9.17) is 4.52 Å². The quantitative estimate of drug-likeness (QED) is 0.687. The molecular weight excluding hydrogens is 374 g/mol. The highest BCUT2D eigenvalue weighted by molar-refractivity contribution is 9.10. The lowest BCUT2D eigenvalue weighted by molar-refractivity contribution is 0.0716. The number of aromatic nitrogens is 4. The lowest BCUT2D eigenvalue weighted by Gasteiger charge is -2.22. The number of carbonyl (C=O) groups excluding carboxylic acids is 1. The highest BCUT2D eigenvalue weighted by atomic mass is 79.9. The number of likely N-dealkylation sites (tertiary alicyclic amines) is 1. The molecule has 0 spiro atoms. The monoisotopic (exact) mass is 389 g/mol. The number of aryl methyl sites for hydroxylation is 1. The minimum atomic E-state index is -0.0734. The Labute approximate surface area is 146 Å². The molecule has 0 aliphatic carbocycles. The first-order chi connectivity index (χ1) is 11.7. The predicted octanol–water partition coefficient (Wildman–Crippen LogP) is 3.02. The molecule has 1 fully saturated rings. The molecule has 4 heterocycles. The summed E-state index contributed by atoms with van der Waals surface area (Å²) in [5.41, 5.74) is 1.97. The van der Waals surface area contributed by atoms with Gasteiger partial charge in [0, 0.05) is 25.0 Å². The van der Waals surface area contributed by atoms with Gasteiger partial charge in [-0.25, -0.2) is 9.50 Å². The van der Waals surface area contributed by atoms with Crippen LogP contribution >= 0.6 is 15.9 Å². The van der Waals surface area contributed by atoms with Crippen molar-refractivity contribution in [2.45, 2.75) is 32.2 Å². The topological polar surface area (TPSA) is 76.5 Å². The van der Waals surface area contributed by atoms with E-state index >= 15 is 0 Å². The zero-order valence-corrected chi connectivity index (χ0v) is 14.7. The van der Waals surface area contributed by atoms with Crippen LogP contribution in [-0.2, 0) is 6.42 Å². The molecule has 8 heteroatoms. The number of hydrogen-bond donors (Lipinski definition) is 0. The normalized spacial score (nSPS) is 17.8. The van der Waals surface area contributed by atoms with Gasteiger partial charge in [-0.3, -0.25) is 4.79 Å². The number of rotatable bonds is 3. The second-order valence-electron chi connectivity index (χ2n) is 5.83. The first kappa shape index (κ1) is 15.3. The van der Waals surface area contributed by atoms with Crippen LogP contribution in [0.4, 0.5) is 0 Å². The maximum atomic E-state index is 13.0. The van der Waals surface area contributed by atoms with Crippen molar-refractivity contribution in [1.82, 2.24) is 24.7 Å². The summed E-state index contributed by atoms with van der Waals surface area (Å²) in [5.74, 6) is 0.682. The van der Waals surface area contributed by atoms with Crippen molar-refractivity contribution in [3.8, 4) is 0 Å². The van der Waals surface area contributed by atoms with Gasteiger partial charge in [-0.15, -0.1) is 0 Å². The molecular formula is C16H16BrN5O2. The largest absolute Gasteiger partial charge is 0.359 e. The van der Waals surface area contributed by atoms with Gasteiger partial charge < -0.3 is 9.42 Å². The number of carbonyl (C=O) groups is 1. The second-order valence-corrected chi connectivity index (χ2v) is 6.75. The summed E-state index contributed by atoms with van der Waals surface area (Å²) in [7, 11) is 0. The van der Waals surface area contributed by atoms with Crippen molar-refractivity contribution in [3.05, 3.63) is 46.1 Å². The Morgan fingerprint density at radius 1 is 1.46 bits per heavy atom. The number of fused-ring (bicyclic) bond motifs is 1. The van der Waals surface area contributed by atoms with E-state index in [9.17, 15) is 4.79 Å². The molecule has 0 saturated carbocycles. The Bertz CT molecular complexity index is 903. The van der Waals surface area contributed by atoms with Crippen molar-refractivity contribution in [2.75, 3.05) is 6.54 Å². The van der Waals surface area contributed by atoms with Crippen LogP contribution in [0.25, 0.3) is 5.65 Å². The van der Waals surface area contributed by atoms with Crippen LogP contribution in [0.1, 0.15) is 47.6 Å². The maximum absolute atomic E-state index is 13.0. The number of hydrogen-bond acceptors (Lipinski definition) is 5. The van der Waals surface area contributed by atoms with E-state index in [1.54, 1.807) is 23.1 Å². The molecule has 1 aliphatic rings. The fraction of sp³-hybridized carbons (Fsp3) is 0.375. The smallest absolute Gasteiger partial charge is 0.259 e. The van der Waals surface area contributed by atoms with E-state index in [1.165, 1.54) is 0 Å². The minimum absolute atomic E-state index is 0.0724. The lowest BCUT2D eigenvalue weighted by Crippen LogP contribution is -2.30. The Kier molecular flexibility index (Phi) is 3.84. The lowest BCUT2D eigenvalue weighted by atomic mass is 10.1. The van der Waals surface area contributed by atoms with Gasteiger partial charge in [0.15, 0.2) is 11.4 Å². The third kappa shape index (κ3) is 2.50. The van der Waals surface area contributed by atoms with Crippen molar-refractivity contribution in [2.24, 2.45) is 0 Å². The standard InChI is InChI=1S/C16H16BrN5O2/c1-2-11-6-14(24-20-11)13-4-3-5-21(13)16(23)12-8-19-22-9-10(17)7-18-15(12)22/h6-9,13H,2-5H2,1H3/t13-/m0/s1. The molecule has 124 valence electrons. The van der Waals surface area contributed by atoms with Crippen LogP contribution in [-0.4, -0.2) is 37.1 Å². The molecule has 0 radical (unpaired) electrons. The summed E-state index contributed by atoms with van der Waals surface area (Å²) in [6.07, 6.45) is 7.66. The molecule has 1 saturated heterocycles. The van der Waals surface area contributed by atoms with Gasteiger partial charge in [0.25, 0.3) is 5.91 Å². The van der Waals surface area contributed by atoms with Gasteiger partial charge in [0.1, 0.15) is 5.56 Å². The molecule has 0 bridgehead atoms. The van der Waals surface area contributed by atoms with E-state index in [2.05, 4.69) is 31.2 Å². The zero-order chi connectivity index (χ0) is 16.7. The number of nitrogens with zero attached hydrogens (tertiary/aromatic N) is 5. The molecule has 7 nitrogen and oxygen atoms in total. The van der Waals surface area contributed by atoms with Gasteiger partial charge >= 0.3 is 0 Å². The molecule has 3 aromatic rings. The van der Waals surface area contributed by atoms with Crippen LogP contribution in [0.5, 0.6) is 0 Å². The first-order valence-corrected chi connectivity index (χ1v) is 8.72. The minimum Gasteiger partial charge on any atom is -0.359 e. The second kappa shape index (κ2) is 6.01. The highest BCUT2D eigenvalue weighted by Gasteiger charge is 2.34. The van der Waals surface area contributed by atoms with E-state index in [0.717, 1.165) is 35.2 Å². The summed E-state index contributed by atoms with van der Waals surface area (Å²) in [6.45, 7) is 2.72. The van der Waals surface area contributed by atoms with Gasteiger partial charge in [-0.05, 0) is 35.2 Å². The Morgan fingerprint density at radius 2 is 2.33 bits per heavy atom. The van der Waals surface area contributed by atoms with E-state index < -0.39 is 0 Å². The van der Waals surface area contributed by atoms with Gasteiger partial charge in [0.05, 0.1) is 22.4 Å². The van der Waals surface area contributed by atoms with Crippen LogP contribution in [0.2, 0.25) is 0 Å². The fourth-order valence-electron chi connectivity index (χ4n) is 3.11. The molecule has 0 aromatic carbocycles. The fourth-order valence-corrected chi connectivity index (χ4v) is 3.41. The third-order valence-electron chi connectivity index (χ3n) is 4.34. The van der Waals surface area contributed by atoms with Crippen LogP contribution in [0, 0.1) is 0 Å². The SMILES string of the molecule is CCc1cc([C@@H]2CCCN2C(=O)c2cnn3cc(Br)cnc23)on1. The van der Waals surface area contributed by atoms with Crippen LogP contribution in [0.3, 0.4) is 0 Å². The average molecular weight is 390 g/mol. The third-order valence-corrected chi connectivity index (χ3v) is 4.75. The van der Waals surface area contributed by atoms with Crippen LogP contribution < -0.4 is 0 Å². The summed E-state index contributed by atoms with van der Waals surface area (Å²) in [6, 6.07) is 1.87. The molecule has 1 amide bonds. The van der Waals surface area contributed by atoms with Crippen molar-refractivity contribution < 1.29 is 9.32 Å². The van der Waals surface area contributed by atoms with E-state index in [-0.39, 0.29) is 11.9 Å². The van der Waals surface area contributed by atoms with Gasteiger partial charge in [0.2, 0.25) is 0 Å². The maximum Gasteiger partial charge on any atom is 0.259 e. The van der Waals surface area contributed by atoms with Gasteiger partial charge in [-0.1, -0.05) is 12.1 Å². The molecule has 1 aliphatic heterocycles. The molecule has 0 N–H and O–H groups in total. The van der Waals surface area contributed by atoms with E-state index in [1.807, 2.05) is 17.9 Å².